The second-order valence-electron chi connectivity index (χ2n) is 6.83. The quantitative estimate of drug-likeness (QED) is 0.860. The molecule has 0 heterocycles. The second kappa shape index (κ2) is 7.23. The highest BCUT2D eigenvalue weighted by atomic mass is 35.5. The predicted octanol–water partition coefficient (Wildman–Crippen LogP) is 4.45. The van der Waals surface area contributed by atoms with Crippen LogP contribution in [0.4, 0.5) is 10.5 Å². The molecule has 2 unspecified atom stereocenters. The average Bonchev–Trinajstić information content (AvgIpc) is 2.82. The van der Waals surface area contributed by atoms with Crippen LogP contribution >= 0.6 is 11.6 Å². The number of halogens is 1. The lowest BCUT2D eigenvalue weighted by molar-refractivity contribution is 0.0519. The van der Waals surface area contributed by atoms with Gasteiger partial charge in [-0.2, -0.15) is 0 Å². The van der Waals surface area contributed by atoms with Crippen molar-refractivity contribution in [3.63, 3.8) is 0 Å². The fraction of sp³-hybridized carbons (Fsp3) is 0.588. The molecule has 0 saturated heterocycles. The number of carbonyl (C=O) groups is 1. The van der Waals surface area contributed by atoms with E-state index in [1.54, 1.807) is 0 Å². The van der Waals surface area contributed by atoms with Gasteiger partial charge in [-0.05, 0) is 57.7 Å². The van der Waals surface area contributed by atoms with Gasteiger partial charge in [0.2, 0.25) is 0 Å². The molecule has 1 fully saturated rings. The van der Waals surface area contributed by atoms with Crippen molar-refractivity contribution in [2.45, 2.75) is 51.7 Å². The Hall–Kier alpha value is -1.42. The van der Waals surface area contributed by atoms with Crippen molar-refractivity contribution in [3.8, 4) is 0 Å². The number of ether oxygens (including phenoxy) is 1. The third-order valence-electron chi connectivity index (χ3n) is 3.74. The Kier molecular flexibility index (Phi) is 5.57. The van der Waals surface area contributed by atoms with Crippen molar-refractivity contribution in [1.82, 2.24) is 5.32 Å². The highest BCUT2D eigenvalue weighted by molar-refractivity contribution is 6.30. The zero-order chi connectivity index (χ0) is 16.2. The van der Waals surface area contributed by atoms with Gasteiger partial charge in [0.25, 0.3) is 0 Å². The molecule has 2 rings (SSSR count). The third kappa shape index (κ3) is 5.41. The average molecular weight is 325 g/mol. The van der Waals surface area contributed by atoms with Crippen molar-refractivity contribution >= 4 is 23.4 Å². The molecule has 5 heteroatoms. The normalized spacial score (nSPS) is 21.5. The first-order valence-corrected chi connectivity index (χ1v) is 8.20. The van der Waals surface area contributed by atoms with E-state index in [2.05, 4.69) is 10.6 Å². The fourth-order valence-corrected chi connectivity index (χ4v) is 2.98. The Morgan fingerprint density at radius 2 is 2.14 bits per heavy atom. The van der Waals surface area contributed by atoms with Gasteiger partial charge in [-0.15, -0.1) is 0 Å². The van der Waals surface area contributed by atoms with Crippen LogP contribution in [0.25, 0.3) is 0 Å². The maximum absolute atomic E-state index is 11.8. The van der Waals surface area contributed by atoms with E-state index in [0.717, 1.165) is 23.6 Å². The van der Waals surface area contributed by atoms with Crippen LogP contribution in [-0.4, -0.2) is 24.3 Å². The molecular weight excluding hydrogens is 300 g/mol. The monoisotopic (exact) mass is 324 g/mol. The van der Waals surface area contributed by atoms with E-state index in [1.165, 1.54) is 6.42 Å². The molecule has 0 radical (unpaired) electrons. The predicted molar refractivity (Wildman–Crippen MR) is 90.4 cm³/mol. The number of alkyl carbamates (subject to hydrolysis) is 1. The minimum Gasteiger partial charge on any atom is -0.444 e. The Balaban J connectivity index is 1.84. The summed E-state index contributed by atoms with van der Waals surface area (Å²) in [4.78, 5) is 11.8. The van der Waals surface area contributed by atoms with Crippen LogP contribution in [0.1, 0.15) is 40.0 Å². The molecule has 122 valence electrons. The summed E-state index contributed by atoms with van der Waals surface area (Å²) in [6, 6.07) is 8.10. The number of carbonyl (C=O) groups excluding carboxylic acids is 1. The van der Waals surface area contributed by atoms with Gasteiger partial charge in [0, 0.05) is 23.3 Å². The summed E-state index contributed by atoms with van der Waals surface area (Å²) in [5.41, 5.74) is 0.569. The van der Waals surface area contributed by atoms with Crippen molar-refractivity contribution in [1.29, 1.82) is 0 Å². The Labute approximate surface area is 137 Å². The van der Waals surface area contributed by atoms with E-state index < -0.39 is 5.60 Å². The lowest BCUT2D eigenvalue weighted by Gasteiger charge is -2.24. The van der Waals surface area contributed by atoms with Gasteiger partial charge in [-0.3, -0.25) is 0 Å². The molecule has 1 aromatic rings. The number of hydrogen-bond donors (Lipinski definition) is 2. The molecule has 0 aliphatic heterocycles. The number of rotatable bonds is 4. The minimum absolute atomic E-state index is 0.346. The molecule has 1 saturated carbocycles. The molecule has 1 amide bonds. The Morgan fingerprint density at radius 3 is 2.82 bits per heavy atom. The molecular formula is C17H25ClN2O2. The highest BCUT2D eigenvalue weighted by Gasteiger charge is 2.28. The maximum Gasteiger partial charge on any atom is 0.407 e. The summed E-state index contributed by atoms with van der Waals surface area (Å²) in [5.74, 6) is 0.409. The number of anilines is 1. The molecule has 2 atom stereocenters. The zero-order valence-corrected chi connectivity index (χ0v) is 14.2. The third-order valence-corrected chi connectivity index (χ3v) is 3.98. The summed E-state index contributed by atoms with van der Waals surface area (Å²) in [6.45, 7) is 6.23. The molecule has 1 aliphatic rings. The lowest BCUT2D eigenvalue weighted by Crippen LogP contribution is -2.38. The van der Waals surface area contributed by atoms with E-state index in [-0.39, 0.29) is 6.09 Å². The van der Waals surface area contributed by atoms with Crippen molar-refractivity contribution < 1.29 is 9.53 Å². The standard InChI is InChI=1S/C17H25ClN2O2/c1-17(2,3)22-16(21)19-11-12-6-4-9-15(12)20-14-8-5-7-13(18)10-14/h5,7-8,10,12,15,20H,4,6,9,11H2,1-3H3,(H,19,21). The van der Waals surface area contributed by atoms with E-state index in [0.29, 0.717) is 18.5 Å². The number of nitrogens with one attached hydrogen (secondary N) is 2. The van der Waals surface area contributed by atoms with Crippen LogP contribution in [0.15, 0.2) is 24.3 Å². The lowest BCUT2D eigenvalue weighted by atomic mass is 10.0. The highest BCUT2D eigenvalue weighted by Crippen LogP contribution is 2.29. The van der Waals surface area contributed by atoms with Gasteiger partial charge in [0.1, 0.15) is 5.60 Å². The summed E-state index contributed by atoms with van der Waals surface area (Å²) < 4.78 is 5.28. The fourth-order valence-electron chi connectivity index (χ4n) is 2.79. The van der Waals surface area contributed by atoms with Crippen LogP contribution in [-0.2, 0) is 4.74 Å². The van der Waals surface area contributed by atoms with E-state index in [9.17, 15) is 4.79 Å². The van der Waals surface area contributed by atoms with Crippen LogP contribution in [0.2, 0.25) is 5.02 Å². The first-order valence-electron chi connectivity index (χ1n) is 7.82. The van der Waals surface area contributed by atoms with E-state index in [1.807, 2.05) is 45.0 Å². The Morgan fingerprint density at radius 1 is 1.36 bits per heavy atom. The number of hydrogen-bond acceptors (Lipinski definition) is 3. The van der Waals surface area contributed by atoms with Gasteiger partial charge in [0.15, 0.2) is 0 Å². The van der Waals surface area contributed by atoms with Gasteiger partial charge in [-0.25, -0.2) is 4.79 Å². The summed E-state index contributed by atoms with van der Waals surface area (Å²) in [5, 5.41) is 7.14. The van der Waals surface area contributed by atoms with E-state index in [4.69, 9.17) is 16.3 Å². The van der Waals surface area contributed by atoms with Crippen molar-refractivity contribution in [2.75, 3.05) is 11.9 Å². The van der Waals surface area contributed by atoms with Gasteiger partial charge in [-0.1, -0.05) is 24.1 Å². The maximum atomic E-state index is 11.8. The first kappa shape index (κ1) is 16.9. The smallest absolute Gasteiger partial charge is 0.407 e. The molecule has 4 nitrogen and oxygen atoms in total. The summed E-state index contributed by atoms with van der Waals surface area (Å²) in [6.07, 6.45) is 3.03. The molecule has 22 heavy (non-hydrogen) atoms. The van der Waals surface area contributed by atoms with Crippen LogP contribution < -0.4 is 10.6 Å². The molecule has 1 aliphatic carbocycles. The topological polar surface area (TPSA) is 50.4 Å². The van der Waals surface area contributed by atoms with Gasteiger partial charge in [0.05, 0.1) is 0 Å². The SMILES string of the molecule is CC(C)(C)OC(=O)NCC1CCCC1Nc1cccc(Cl)c1. The first-order chi connectivity index (χ1) is 10.3. The van der Waals surface area contributed by atoms with E-state index >= 15 is 0 Å². The van der Waals surface area contributed by atoms with Crippen molar-refractivity contribution in [3.05, 3.63) is 29.3 Å². The second-order valence-corrected chi connectivity index (χ2v) is 7.27. The number of amides is 1. The van der Waals surface area contributed by atoms with Crippen LogP contribution in [0, 0.1) is 5.92 Å². The molecule has 0 aromatic heterocycles. The van der Waals surface area contributed by atoms with Crippen LogP contribution in [0.3, 0.4) is 0 Å². The molecule has 0 spiro atoms. The minimum atomic E-state index is -0.460. The largest absolute Gasteiger partial charge is 0.444 e. The zero-order valence-electron chi connectivity index (χ0n) is 13.5. The van der Waals surface area contributed by atoms with Crippen LogP contribution in [0.5, 0.6) is 0 Å². The summed E-state index contributed by atoms with van der Waals surface area (Å²) >= 11 is 6.02. The summed E-state index contributed by atoms with van der Waals surface area (Å²) in [7, 11) is 0. The van der Waals surface area contributed by atoms with Gasteiger partial charge >= 0.3 is 6.09 Å². The Bertz CT molecular complexity index is 514. The number of benzene rings is 1. The van der Waals surface area contributed by atoms with Gasteiger partial charge < -0.3 is 15.4 Å². The molecule has 0 bridgehead atoms. The molecule has 1 aromatic carbocycles. The van der Waals surface area contributed by atoms with Crippen molar-refractivity contribution in [2.24, 2.45) is 5.92 Å². The molecule has 2 N–H and O–H groups in total.